The molecule has 1 saturated heterocycles. The molecule has 2 aromatic heterocycles. The van der Waals surface area contributed by atoms with Crippen LogP contribution in [0.1, 0.15) is 53.9 Å². The van der Waals surface area contributed by atoms with Gasteiger partial charge in [-0.3, -0.25) is 4.98 Å². The molecule has 0 radical (unpaired) electrons. The number of nitrogens with zero attached hydrogens (tertiary/aromatic N) is 2. The third-order valence-corrected chi connectivity index (χ3v) is 7.39. The van der Waals surface area contributed by atoms with Crippen molar-refractivity contribution >= 4 is 34.4 Å². The van der Waals surface area contributed by atoms with Gasteiger partial charge in [0.05, 0.1) is 23.9 Å². The number of pyridine rings is 1. The van der Waals surface area contributed by atoms with Gasteiger partial charge in [0.2, 0.25) is 0 Å². The van der Waals surface area contributed by atoms with Crippen LogP contribution in [0.4, 0.5) is 5.69 Å². The van der Waals surface area contributed by atoms with Gasteiger partial charge in [-0.1, -0.05) is 6.07 Å². The molecule has 2 aliphatic rings. The van der Waals surface area contributed by atoms with Crippen LogP contribution in [0.3, 0.4) is 0 Å². The minimum absolute atomic E-state index is 0.00506. The quantitative estimate of drug-likeness (QED) is 0.501. The van der Waals surface area contributed by atoms with E-state index in [0.717, 1.165) is 35.1 Å². The van der Waals surface area contributed by atoms with E-state index in [1.54, 1.807) is 11.3 Å². The summed E-state index contributed by atoms with van der Waals surface area (Å²) in [6.45, 7) is 2.17. The van der Waals surface area contributed by atoms with Crippen molar-refractivity contribution < 1.29 is 4.74 Å². The van der Waals surface area contributed by atoms with Gasteiger partial charge in [-0.15, -0.1) is 11.3 Å². The number of rotatable bonds is 5. The van der Waals surface area contributed by atoms with E-state index in [1.165, 1.54) is 23.3 Å². The van der Waals surface area contributed by atoms with E-state index in [1.807, 2.05) is 18.3 Å². The average Bonchev–Trinajstić information content (AvgIpc) is 3.50. The van der Waals surface area contributed by atoms with Gasteiger partial charge in [-0.05, 0) is 98.2 Å². The molecule has 0 amide bonds. The minimum Gasteiger partial charge on any atom is -0.490 e. The van der Waals surface area contributed by atoms with Crippen molar-refractivity contribution in [3.05, 3.63) is 76.2 Å². The van der Waals surface area contributed by atoms with Crippen molar-refractivity contribution in [2.45, 2.75) is 50.8 Å². The molecule has 0 spiro atoms. The standard InChI is InChI=1S/C24H25N3OS2/c1-16-13-15-30-23(16)22-21(20-8-4-5-14-25-20)26-24(29)27(22)17-9-11-19(12-10-17)28-18-6-2-3-7-18/h4-5,8-15,18,21-22H,2-3,6-7H2,1H3,(H,26,29)/t21-,22+/m0/s1. The smallest absolute Gasteiger partial charge is 0.174 e. The Hall–Kier alpha value is -2.44. The van der Waals surface area contributed by atoms with E-state index >= 15 is 0 Å². The van der Waals surface area contributed by atoms with E-state index in [4.69, 9.17) is 17.0 Å². The van der Waals surface area contributed by atoms with Crippen LogP contribution < -0.4 is 15.0 Å². The van der Waals surface area contributed by atoms with E-state index < -0.39 is 0 Å². The van der Waals surface area contributed by atoms with E-state index in [2.05, 4.69) is 63.9 Å². The monoisotopic (exact) mass is 435 g/mol. The molecular formula is C24H25N3OS2. The number of aryl methyl sites for hydroxylation is 1. The maximum absolute atomic E-state index is 6.15. The zero-order valence-electron chi connectivity index (χ0n) is 17.0. The third-order valence-electron chi connectivity index (χ3n) is 5.99. The van der Waals surface area contributed by atoms with Crippen molar-refractivity contribution in [3.63, 3.8) is 0 Å². The van der Waals surface area contributed by atoms with E-state index in [-0.39, 0.29) is 12.1 Å². The second-order valence-electron chi connectivity index (χ2n) is 7.98. The number of anilines is 1. The molecule has 30 heavy (non-hydrogen) atoms. The first-order chi connectivity index (χ1) is 14.7. The molecule has 6 heteroatoms. The molecule has 5 rings (SSSR count). The van der Waals surface area contributed by atoms with Crippen molar-refractivity contribution in [2.75, 3.05) is 4.90 Å². The number of ether oxygens (including phenoxy) is 1. The minimum atomic E-state index is 0.00506. The summed E-state index contributed by atoms with van der Waals surface area (Å²) < 4.78 is 6.15. The fourth-order valence-electron chi connectivity index (χ4n) is 4.47. The van der Waals surface area contributed by atoms with Crippen LogP contribution in [0.5, 0.6) is 5.75 Å². The van der Waals surface area contributed by atoms with Gasteiger partial charge in [0.25, 0.3) is 0 Å². The summed E-state index contributed by atoms with van der Waals surface area (Å²) in [4.78, 5) is 8.16. The maximum atomic E-state index is 6.15. The normalized spacial score (nSPS) is 21.8. The Bertz CT molecular complexity index is 1010. The number of thiocarbonyl (C=S) groups is 1. The first kappa shape index (κ1) is 19.5. The van der Waals surface area contributed by atoms with E-state index in [0.29, 0.717) is 6.10 Å². The molecule has 0 unspecified atom stereocenters. The third kappa shape index (κ3) is 3.70. The Kier molecular flexibility index (Phi) is 5.44. The summed E-state index contributed by atoms with van der Waals surface area (Å²) >= 11 is 7.58. The molecular weight excluding hydrogens is 410 g/mol. The second-order valence-corrected chi connectivity index (χ2v) is 9.32. The van der Waals surface area contributed by atoms with Crippen LogP contribution in [0.2, 0.25) is 0 Å². The summed E-state index contributed by atoms with van der Waals surface area (Å²) in [6, 6.07) is 16.7. The highest BCUT2D eigenvalue weighted by Crippen LogP contribution is 2.44. The van der Waals surface area contributed by atoms with E-state index in [9.17, 15) is 0 Å². The lowest BCUT2D eigenvalue weighted by atomic mass is 10.0. The van der Waals surface area contributed by atoms with Gasteiger partial charge in [0, 0.05) is 16.8 Å². The van der Waals surface area contributed by atoms with Crippen molar-refractivity contribution in [3.8, 4) is 5.75 Å². The van der Waals surface area contributed by atoms with Gasteiger partial charge in [0.15, 0.2) is 5.11 Å². The lowest BCUT2D eigenvalue weighted by molar-refractivity contribution is 0.210. The summed E-state index contributed by atoms with van der Waals surface area (Å²) in [5, 5.41) is 6.41. The summed E-state index contributed by atoms with van der Waals surface area (Å²) in [7, 11) is 0. The highest BCUT2D eigenvalue weighted by molar-refractivity contribution is 7.80. The number of thiophene rings is 1. The van der Waals surface area contributed by atoms with Crippen LogP contribution in [-0.2, 0) is 0 Å². The highest BCUT2D eigenvalue weighted by atomic mass is 32.1. The zero-order chi connectivity index (χ0) is 20.5. The molecule has 0 bridgehead atoms. The predicted octanol–water partition coefficient (Wildman–Crippen LogP) is 5.95. The van der Waals surface area contributed by atoms with Crippen LogP contribution in [0, 0.1) is 6.92 Å². The first-order valence-corrected chi connectivity index (χ1v) is 11.8. The Morgan fingerprint density at radius 3 is 2.57 bits per heavy atom. The first-order valence-electron chi connectivity index (χ1n) is 10.5. The van der Waals surface area contributed by atoms with Gasteiger partial charge in [-0.2, -0.15) is 0 Å². The van der Waals surface area contributed by atoms with Crippen LogP contribution in [0.25, 0.3) is 0 Å². The SMILES string of the molecule is Cc1ccsc1[C@H]1[C@H](c2ccccn2)NC(=S)N1c1ccc(OC2CCCC2)cc1. The van der Waals surface area contributed by atoms with Gasteiger partial charge in [-0.25, -0.2) is 0 Å². The lowest BCUT2D eigenvalue weighted by Crippen LogP contribution is -2.29. The van der Waals surface area contributed by atoms with Crippen molar-refractivity contribution in [2.24, 2.45) is 0 Å². The van der Waals surface area contributed by atoms with Crippen LogP contribution >= 0.6 is 23.6 Å². The molecule has 154 valence electrons. The van der Waals surface area contributed by atoms with Gasteiger partial charge < -0.3 is 15.0 Å². The molecule has 2 fully saturated rings. The fraction of sp³-hybridized carbons (Fsp3) is 0.333. The Morgan fingerprint density at radius 1 is 1.10 bits per heavy atom. The molecule has 1 aliphatic carbocycles. The summed E-state index contributed by atoms with van der Waals surface area (Å²) in [5.41, 5.74) is 3.35. The Labute approximate surface area is 186 Å². The van der Waals surface area contributed by atoms with Gasteiger partial charge in [0.1, 0.15) is 5.75 Å². The molecule has 2 atom stereocenters. The number of nitrogens with one attached hydrogen (secondary N) is 1. The summed E-state index contributed by atoms with van der Waals surface area (Å²) in [5.74, 6) is 0.939. The molecule has 3 aromatic rings. The molecule has 1 saturated carbocycles. The van der Waals surface area contributed by atoms with Crippen LogP contribution in [-0.4, -0.2) is 16.2 Å². The number of benzene rings is 1. The Balaban J connectivity index is 1.48. The largest absolute Gasteiger partial charge is 0.490 e. The fourth-order valence-corrected chi connectivity index (χ4v) is 5.87. The molecule has 3 heterocycles. The van der Waals surface area contributed by atoms with Crippen LogP contribution in [0.15, 0.2) is 60.1 Å². The predicted molar refractivity (Wildman–Crippen MR) is 126 cm³/mol. The second kappa shape index (κ2) is 8.36. The lowest BCUT2D eigenvalue weighted by Gasteiger charge is -2.28. The van der Waals surface area contributed by atoms with Crippen molar-refractivity contribution in [1.29, 1.82) is 0 Å². The number of hydrogen-bond donors (Lipinski definition) is 1. The maximum Gasteiger partial charge on any atom is 0.174 e. The molecule has 4 nitrogen and oxygen atoms in total. The van der Waals surface area contributed by atoms with Crippen molar-refractivity contribution in [1.82, 2.24) is 10.3 Å². The zero-order valence-corrected chi connectivity index (χ0v) is 18.6. The number of hydrogen-bond acceptors (Lipinski definition) is 4. The average molecular weight is 436 g/mol. The molecule has 1 aromatic carbocycles. The highest BCUT2D eigenvalue weighted by Gasteiger charge is 2.41. The topological polar surface area (TPSA) is 37.4 Å². The van der Waals surface area contributed by atoms with Gasteiger partial charge >= 0.3 is 0 Å². The molecule has 1 N–H and O–H groups in total. The Morgan fingerprint density at radius 2 is 1.90 bits per heavy atom. The number of aromatic nitrogens is 1. The molecule has 1 aliphatic heterocycles. The summed E-state index contributed by atoms with van der Waals surface area (Å²) in [6.07, 6.45) is 7.07.